The minimum Gasteiger partial charge on any atom is -0.394 e. The van der Waals surface area contributed by atoms with Crippen molar-refractivity contribution in [2.45, 2.75) is 24.4 Å². The molecule has 0 aromatic rings. The minimum atomic E-state index is -1.21. The molecular weight excluding hydrogens is 178 g/mol. The van der Waals surface area contributed by atoms with E-state index in [1.165, 1.54) is 0 Å². The van der Waals surface area contributed by atoms with Gasteiger partial charge >= 0.3 is 0 Å². The molecule has 0 aromatic carbocycles. The third-order valence-electron chi connectivity index (χ3n) is 1.99. The highest BCUT2D eigenvalue weighted by atomic mass is 16.5. The molecule has 1 aliphatic heterocycles. The van der Waals surface area contributed by atoms with Crippen LogP contribution in [0.1, 0.15) is 0 Å². The first-order valence-corrected chi connectivity index (χ1v) is 3.83. The Bertz CT molecular complexity index is 218. The molecule has 0 aromatic heterocycles. The molecular formula is C6H11N3O4. The highest BCUT2D eigenvalue weighted by Crippen LogP contribution is 2.17. The number of rotatable bonds is 2. The predicted molar refractivity (Wildman–Crippen MR) is 41.8 cm³/mol. The van der Waals surface area contributed by atoms with Gasteiger partial charge in [0.25, 0.3) is 0 Å². The Morgan fingerprint density at radius 2 is 2.15 bits per heavy atom. The zero-order valence-electron chi connectivity index (χ0n) is 6.82. The van der Waals surface area contributed by atoms with Gasteiger partial charge in [-0.1, -0.05) is 5.11 Å². The Hall–Kier alpha value is -0.850. The summed E-state index contributed by atoms with van der Waals surface area (Å²) in [4.78, 5) is 2.51. The highest BCUT2D eigenvalue weighted by Gasteiger charge is 2.37. The van der Waals surface area contributed by atoms with Crippen molar-refractivity contribution in [3.05, 3.63) is 10.4 Å². The van der Waals surface area contributed by atoms with Crippen LogP contribution in [-0.2, 0) is 4.74 Å². The third-order valence-corrected chi connectivity index (χ3v) is 1.99. The largest absolute Gasteiger partial charge is 0.394 e. The summed E-state index contributed by atoms with van der Waals surface area (Å²) in [5.41, 5.74) is 8.11. The van der Waals surface area contributed by atoms with Crippen LogP contribution in [0.4, 0.5) is 0 Å². The molecule has 1 saturated heterocycles. The van der Waals surface area contributed by atoms with Crippen LogP contribution in [0.15, 0.2) is 5.11 Å². The average molecular weight is 189 g/mol. The lowest BCUT2D eigenvalue weighted by molar-refractivity contribution is -0.155. The Kier molecular flexibility index (Phi) is 3.47. The summed E-state index contributed by atoms with van der Waals surface area (Å²) in [6.07, 6.45) is -3.20. The number of ether oxygens (including phenoxy) is 1. The summed E-state index contributed by atoms with van der Waals surface area (Å²) in [5.74, 6) is 0. The summed E-state index contributed by atoms with van der Waals surface area (Å²) in [6, 6.07) is -0.789. The van der Waals surface area contributed by atoms with Crippen molar-refractivity contribution in [3.63, 3.8) is 0 Å². The maximum atomic E-state index is 9.36. The minimum absolute atomic E-state index is 0.00745. The van der Waals surface area contributed by atoms with E-state index in [1.807, 2.05) is 0 Å². The zero-order chi connectivity index (χ0) is 9.84. The van der Waals surface area contributed by atoms with Gasteiger partial charge in [0.05, 0.1) is 25.4 Å². The van der Waals surface area contributed by atoms with E-state index in [1.54, 1.807) is 0 Å². The van der Waals surface area contributed by atoms with Crippen molar-refractivity contribution in [2.75, 3.05) is 13.2 Å². The van der Waals surface area contributed by atoms with Gasteiger partial charge in [0.15, 0.2) is 0 Å². The Morgan fingerprint density at radius 3 is 2.69 bits per heavy atom. The van der Waals surface area contributed by atoms with E-state index in [0.29, 0.717) is 0 Å². The van der Waals surface area contributed by atoms with E-state index >= 15 is 0 Å². The fraction of sp³-hybridized carbons (Fsp3) is 1.00. The first-order valence-electron chi connectivity index (χ1n) is 3.83. The van der Waals surface area contributed by atoms with Gasteiger partial charge in [0.1, 0.15) is 12.2 Å². The van der Waals surface area contributed by atoms with Gasteiger partial charge in [-0.05, 0) is 5.53 Å². The molecule has 0 radical (unpaired) electrons. The quantitative estimate of drug-likeness (QED) is 0.286. The summed E-state index contributed by atoms with van der Waals surface area (Å²) in [7, 11) is 0. The number of aliphatic hydroxyl groups is 3. The summed E-state index contributed by atoms with van der Waals surface area (Å²) >= 11 is 0. The maximum absolute atomic E-state index is 9.36. The van der Waals surface area contributed by atoms with Crippen molar-refractivity contribution in [2.24, 2.45) is 5.11 Å². The fourth-order valence-corrected chi connectivity index (χ4v) is 1.20. The molecule has 7 heteroatoms. The van der Waals surface area contributed by atoms with Crippen molar-refractivity contribution < 1.29 is 20.1 Å². The molecule has 0 spiro atoms. The lowest BCUT2D eigenvalue weighted by Crippen LogP contribution is -2.53. The van der Waals surface area contributed by atoms with Gasteiger partial charge in [0, 0.05) is 4.91 Å². The van der Waals surface area contributed by atoms with E-state index < -0.39 is 24.4 Å². The standard InChI is InChI=1S/C6H11N3O4/c7-9-8-3-2-13-4(1-10)6(12)5(3)11/h3-6,10-12H,1-2H2/t3?,4?,5?,6-/m1/s1. The van der Waals surface area contributed by atoms with Gasteiger partial charge in [-0.25, -0.2) is 0 Å². The van der Waals surface area contributed by atoms with Gasteiger partial charge < -0.3 is 20.1 Å². The maximum Gasteiger partial charge on any atom is 0.109 e. The number of hydrogen-bond donors (Lipinski definition) is 3. The monoisotopic (exact) mass is 189 g/mol. The summed E-state index contributed by atoms with van der Waals surface area (Å²) < 4.78 is 4.95. The third kappa shape index (κ3) is 2.09. The van der Waals surface area contributed by atoms with E-state index in [2.05, 4.69) is 10.0 Å². The first kappa shape index (κ1) is 10.2. The topological polar surface area (TPSA) is 119 Å². The highest BCUT2D eigenvalue weighted by molar-refractivity contribution is 4.90. The van der Waals surface area contributed by atoms with Gasteiger partial charge in [-0.2, -0.15) is 0 Å². The van der Waals surface area contributed by atoms with Gasteiger partial charge in [-0.3, -0.25) is 0 Å². The van der Waals surface area contributed by atoms with Crippen molar-refractivity contribution in [3.8, 4) is 0 Å². The molecule has 0 aliphatic carbocycles. The van der Waals surface area contributed by atoms with Gasteiger partial charge in [-0.15, -0.1) is 0 Å². The average Bonchev–Trinajstić information content (AvgIpc) is 2.14. The summed E-state index contributed by atoms with van der Waals surface area (Å²) in [6.45, 7) is -0.366. The molecule has 0 bridgehead atoms. The molecule has 1 heterocycles. The molecule has 0 saturated carbocycles. The molecule has 13 heavy (non-hydrogen) atoms. The van der Waals surface area contributed by atoms with Crippen LogP contribution in [0.25, 0.3) is 10.4 Å². The van der Waals surface area contributed by atoms with Crippen LogP contribution in [0, 0.1) is 0 Å². The number of aliphatic hydroxyl groups excluding tert-OH is 3. The smallest absolute Gasteiger partial charge is 0.109 e. The molecule has 3 N–H and O–H groups in total. The molecule has 1 rings (SSSR count). The first-order chi connectivity index (χ1) is 6.20. The molecule has 74 valence electrons. The lowest BCUT2D eigenvalue weighted by atomic mass is 9.99. The van der Waals surface area contributed by atoms with E-state index in [9.17, 15) is 10.2 Å². The zero-order valence-corrected chi connectivity index (χ0v) is 6.82. The van der Waals surface area contributed by atoms with Crippen molar-refractivity contribution in [1.82, 2.24) is 0 Å². The van der Waals surface area contributed by atoms with Crippen LogP contribution in [-0.4, -0.2) is 52.9 Å². The second-order valence-corrected chi connectivity index (χ2v) is 2.81. The number of azide groups is 1. The molecule has 3 unspecified atom stereocenters. The number of hydrogen-bond acceptors (Lipinski definition) is 5. The molecule has 7 nitrogen and oxygen atoms in total. The van der Waals surface area contributed by atoms with E-state index in [0.717, 1.165) is 0 Å². The second kappa shape index (κ2) is 4.40. The Labute approximate surface area is 74.2 Å². The van der Waals surface area contributed by atoms with Crippen LogP contribution in [0.3, 0.4) is 0 Å². The molecule has 4 atom stereocenters. The lowest BCUT2D eigenvalue weighted by Gasteiger charge is -2.34. The molecule has 1 aliphatic rings. The second-order valence-electron chi connectivity index (χ2n) is 2.81. The van der Waals surface area contributed by atoms with Crippen molar-refractivity contribution >= 4 is 0 Å². The Balaban J connectivity index is 2.63. The normalized spacial score (nSPS) is 39.6. The van der Waals surface area contributed by atoms with Gasteiger partial charge in [0.2, 0.25) is 0 Å². The SMILES string of the molecule is [N-]=[N+]=NC1COC(CO)[C@@H](O)C1O. The molecule has 0 amide bonds. The Morgan fingerprint density at radius 1 is 1.46 bits per heavy atom. The summed E-state index contributed by atoms with van der Waals surface area (Å²) in [5, 5.41) is 30.6. The fourth-order valence-electron chi connectivity index (χ4n) is 1.20. The van der Waals surface area contributed by atoms with Crippen molar-refractivity contribution in [1.29, 1.82) is 0 Å². The molecule has 1 fully saturated rings. The van der Waals surface area contributed by atoms with Crippen LogP contribution in [0.2, 0.25) is 0 Å². The number of nitrogens with zero attached hydrogens (tertiary/aromatic N) is 3. The predicted octanol–water partition coefficient (Wildman–Crippen LogP) is -1.22. The van der Waals surface area contributed by atoms with E-state index in [4.69, 9.17) is 15.4 Å². The van der Waals surface area contributed by atoms with Crippen LogP contribution < -0.4 is 0 Å². The van der Waals surface area contributed by atoms with Crippen LogP contribution in [0.5, 0.6) is 0 Å². The van der Waals surface area contributed by atoms with Crippen LogP contribution >= 0.6 is 0 Å². The van der Waals surface area contributed by atoms with E-state index in [-0.39, 0.29) is 13.2 Å².